The lowest BCUT2D eigenvalue weighted by Gasteiger charge is -2.18. The van der Waals surface area contributed by atoms with Gasteiger partial charge in [-0.1, -0.05) is 24.3 Å². The van der Waals surface area contributed by atoms with Crippen molar-refractivity contribution in [2.45, 2.75) is 25.6 Å². The molecule has 1 aliphatic rings. The first-order valence-corrected chi connectivity index (χ1v) is 7.40. The zero-order chi connectivity index (χ0) is 18.7. The van der Waals surface area contributed by atoms with E-state index in [0.29, 0.717) is 11.1 Å². The molecule has 1 fully saturated rings. The zero-order valence-electron chi connectivity index (χ0n) is 13.7. The van der Waals surface area contributed by atoms with Gasteiger partial charge in [-0.25, -0.2) is 4.79 Å². The van der Waals surface area contributed by atoms with E-state index in [2.05, 4.69) is 4.74 Å². The van der Waals surface area contributed by atoms with Crippen LogP contribution in [0.5, 0.6) is 0 Å². The van der Waals surface area contributed by atoms with Crippen LogP contribution in [0, 0.1) is 5.41 Å². The summed E-state index contributed by atoms with van der Waals surface area (Å²) in [5, 5.41) is 0. The highest BCUT2D eigenvalue weighted by molar-refractivity contribution is 6.16. The third kappa shape index (κ3) is 3.78. The van der Waals surface area contributed by atoms with Gasteiger partial charge in [0.2, 0.25) is 0 Å². The lowest BCUT2D eigenvalue weighted by atomic mass is 10.0. The highest BCUT2D eigenvalue weighted by atomic mass is 19.4. The lowest BCUT2D eigenvalue weighted by molar-refractivity contribution is -0.207. The minimum Gasteiger partial charge on any atom is -0.503 e. The summed E-state index contributed by atoms with van der Waals surface area (Å²) in [6.07, 6.45) is -4.01. The van der Waals surface area contributed by atoms with Crippen molar-refractivity contribution in [1.82, 2.24) is 0 Å². The number of rotatable bonds is 6. The molecular formula is C17H17F3O5. The summed E-state index contributed by atoms with van der Waals surface area (Å²) in [6.45, 7) is -0.398. The number of halogens is 3. The standard InChI is InChI=1S/C17H17F3O5/c1-23-10-13(14(21)24-2)12-6-4-3-5-11(12)9-25-15(22)16(7-8-16)17(18,19)20/h3-6,10H,7-9H2,1-2H3/b13-10-. The fraction of sp³-hybridized carbons (Fsp3) is 0.412. The molecule has 0 radical (unpaired) electrons. The maximum atomic E-state index is 12.9. The number of carbonyl (C=O) groups is 2. The molecule has 136 valence electrons. The second kappa shape index (κ2) is 7.16. The molecule has 5 nitrogen and oxygen atoms in total. The number of hydrogen-bond acceptors (Lipinski definition) is 5. The van der Waals surface area contributed by atoms with Crippen molar-refractivity contribution < 1.29 is 37.0 Å². The van der Waals surface area contributed by atoms with Crippen LogP contribution in [0.15, 0.2) is 30.5 Å². The van der Waals surface area contributed by atoms with E-state index in [9.17, 15) is 22.8 Å². The van der Waals surface area contributed by atoms with E-state index in [1.54, 1.807) is 24.3 Å². The number of ether oxygens (including phenoxy) is 3. The van der Waals surface area contributed by atoms with Crippen molar-refractivity contribution >= 4 is 17.5 Å². The minimum absolute atomic E-state index is 0.0635. The van der Waals surface area contributed by atoms with Crippen molar-refractivity contribution in [1.29, 1.82) is 0 Å². The van der Waals surface area contributed by atoms with Crippen LogP contribution < -0.4 is 0 Å². The van der Waals surface area contributed by atoms with E-state index in [4.69, 9.17) is 9.47 Å². The summed E-state index contributed by atoms with van der Waals surface area (Å²) in [5.41, 5.74) is -1.62. The van der Waals surface area contributed by atoms with Crippen LogP contribution in [0.25, 0.3) is 5.57 Å². The summed E-state index contributed by atoms with van der Waals surface area (Å²) in [4.78, 5) is 23.7. The smallest absolute Gasteiger partial charge is 0.404 e. The second-order valence-corrected chi connectivity index (χ2v) is 5.57. The van der Waals surface area contributed by atoms with E-state index < -0.39 is 30.1 Å². The van der Waals surface area contributed by atoms with Gasteiger partial charge in [0, 0.05) is 0 Å². The quantitative estimate of drug-likeness (QED) is 0.444. The Bertz CT molecular complexity index is 690. The van der Waals surface area contributed by atoms with Gasteiger partial charge in [-0.3, -0.25) is 4.79 Å². The first kappa shape index (κ1) is 18.8. The molecule has 0 aliphatic heterocycles. The van der Waals surface area contributed by atoms with Crippen LogP contribution in [-0.4, -0.2) is 32.3 Å². The molecule has 0 amide bonds. The fourth-order valence-electron chi connectivity index (χ4n) is 2.37. The Morgan fingerprint density at radius 3 is 2.36 bits per heavy atom. The van der Waals surface area contributed by atoms with Gasteiger partial charge in [-0.05, 0) is 24.0 Å². The molecule has 2 rings (SSSR count). The number of carbonyl (C=O) groups excluding carboxylic acids is 2. The van der Waals surface area contributed by atoms with E-state index in [1.165, 1.54) is 14.2 Å². The Morgan fingerprint density at radius 1 is 1.20 bits per heavy atom. The van der Waals surface area contributed by atoms with Gasteiger partial charge in [-0.2, -0.15) is 13.2 Å². The van der Waals surface area contributed by atoms with Gasteiger partial charge in [-0.15, -0.1) is 0 Å². The first-order chi connectivity index (χ1) is 11.8. The molecule has 1 aliphatic carbocycles. The van der Waals surface area contributed by atoms with Crippen molar-refractivity contribution in [3.8, 4) is 0 Å². The normalized spacial score (nSPS) is 16.1. The molecule has 1 saturated carbocycles. The summed E-state index contributed by atoms with van der Waals surface area (Å²) >= 11 is 0. The Hall–Kier alpha value is -2.51. The second-order valence-electron chi connectivity index (χ2n) is 5.57. The molecule has 8 heteroatoms. The van der Waals surface area contributed by atoms with E-state index in [0.717, 1.165) is 6.26 Å². The largest absolute Gasteiger partial charge is 0.503 e. The maximum absolute atomic E-state index is 12.9. The van der Waals surface area contributed by atoms with E-state index in [-0.39, 0.29) is 18.4 Å². The SMILES string of the molecule is CO/C=C(\C(=O)OC)c1ccccc1COC(=O)C1(C(F)(F)F)CC1. The molecular weight excluding hydrogens is 341 g/mol. The van der Waals surface area contributed by atoms with Crippen LogP contribution in [-0.2, 0) is 30.4 Å². The molecule has 1 aromatic rings. The maximum Gasteiger partial charge on any atom is 0.404 e. The highest BCUT2D eigenvalue weighted by Crippen LogP contribution is 2.58. The predicted molar refractivity (Wildman–Crippen MR) is 81.0 cm³/mol. The lowest BCUT2D eigenvalue weighted by Crippen LogP contribution is -2.34. The van der Waals surface area contributed by atoms with Gasteiger partial charge in [0.25, 0.3) is 0 Å². The average molecular weight is 358 g/mol. The van der Waals surface area contributed by atoms with Crippen LogP contribution in [0.2, 0.25) is 0 Å². The number of benzene rings is 1. The third-order valence-corrected chi connectivity index (χ3v) is 3.99. The Labute approximate surface area is 142 Å². The van der Waals surface area contributed by atoms with Crippen molar-refractivity contribution in [2.24, 2.45) is 5.41 Å². The van der Waals surface area contributed by atoms with Crippen molar-refractivity contribution in [3.63, 3.8) is 0 Å². The van der Waals surface area contributed by atoms with Crippen LogP contribution in [0.3, 0.4) is 0 Å². The molecule has 0 heterocycles. The third-order valence-electron chi connectivity index (χ3n) is 3.99. The molecule has 25 heavy (non-hydrogen) atoms. The molecule has 0 aromatic heterocycles. The number of methoxy groups -OCH3 is 2. The number of alkyl halides is 3. The van der Waals surface area contributed by atoms with Gasteiger partial charge < -0.3 is 14.2 Å². The van der Waals surface area contributed by atoms with Crippen molar-refractivity contribution in [2.75, 3.05) is 14.2 Å². The Balaban J connectivity index is 2.20. The molecule has 1 aromatic carbocycles. The Kier molecular flexibility index (Phi) is 5.39. The van der Waals surface area contributed by atoms with Crippen LogP contribution >= 0.6 is 0 Å². The monoisotopic (exact) mass is 358 g/mol. The number of esters is 2. The highest BCUT2D eigenvalue weighted by Gasteiger charge is 2.69. The fourth-order valence-corrected chi connectivity index (χ4v) is 2.37. The first-order valence-electron chi connectivity index (χ1n) is 7.40. The van der Waals surface area contributed by atoms with Gasteiger partial charge in [0.1, 0.15) is 12.2 Å². The zero-order valence-corrected chi connectivity index (χ0v) is 13.7. The number of hydrogen-bond donors (Lipinski definition) is 0. The average Bonchev–Trinajstić information content (AvgIpc) is 3.39. The minimum atomic E-state index is -4.63. The molecule has 0 unspecified atom stereocenters. The van der Waals surface area contributed by atoms with E-state index in [1.807, 2.05) is 0 Å². The summed E-state index contributed by atoms with van der Waals surface area (Å²) < 4.78 is 53.2. The van der Waals surface area contributed by atoms with E-state index >= 15 is 0 Å². The van der Waals surface area contributed by atoms with Gasteiger partial charge in [0.05, 0.1) is 20.5 Å². The van der Waals surface area contributed by atoms with Gasteiger partial charge in [0.15, 0.2) is 5.41 Å². The summed E-state index contributed by atoms with van der Waals surface area (Å²) in [5.74, 6) is -1.99. The summed E-state index contributed by atoms with van der Waals surface area (Å²) in [6, 6.07) is 6.35. The van der Waals surface area contributed by atoms with Gasteiger partial charge >= 0.3 is 18.1 Å². The molecule has 0 atom stereocenters. The molecule has 0 spiro atoms. The molecule has 0 N–H and O–H groups in total. The molecule has 0 saturated heterocycles. The molecule has 0 bridgehead atoms. The predicted octanol–water partition coefficient (Wildman–Crippen LogP) is 3.23. The van der Waals surface area contributed by atoms with Crippen LogP contribution in [0.1, 0.15) is 24.0 Å². The van der Waals surface area contributed by atoms with Crippen molar-refractivity contribution in [3.05, 3.63) is 41.7 Å². The van der Waals surface area contributed by atoms with Crippen LogP contribution in [0.4, 0.5) is 13.2 Å². The summed E-state index contributed by atoms with van der Waals surface area (Å²) in [7, 11) is 2.53. The topological polar surface area (TPSA) is 61.8 Å². The Morgan fingerprint density at radius 2 is 1.84 bits per heavy atom.